The Kier molecular flexibility index (Phi) is 5.16. The van der Waals surface area contributed by atoms with Crippen LogP contribution in [-0.4, -0.2) is 40.2 Å². The van der Waals surface area contributed by atoms with Gasteiger partial charge < -0.3 is 15.0 Å². The number of piperidine rings is 1. The predicted molar refractivity (Wildman–Crippen MR) is 88.3 cm³/mol. The van der Waals surface area contributed by atoms with E-state index in [-0.39, 0.29) is 18.2 Å². The van der Waals surface area contributed by atoms with Crippen LogP contribution in [0.1, 0.15) is 40.5 Å². The SMILES string of the molecule is C[C@H]1[C@H](Nc2ccc(Cl)cn2)CCCN1C(=O)OC(C)(C)C. The van der Waals surface area contributed by atoms with Crippen molar-refractivity contribution in [2.75, 3.05) is 11.9 Å². The average molecular weight is 326 g/mol. The topological polar surface area (TPSA) is 54.5 Å². The van der Waals surface area contributed by atoms with Crippen molar-refractivity contribution in [1.29, 1.82) is 0 Å². The highest BCUT2D eigenvalue weighted by Crippen LogP contribution is 2.23. The second-order valence-electron chi connectivity index (χ2n) is 6.67. The second kappa shape index (κ2) is 6.73. The number of hydrogen-bond acceptors (Lipinski definition) is 4. The third-order valence-electron chi connectivity index (χ3n) is 3.68. The Hall–Kier alpha value is -1.49. The van der Waals surface area contributed by atoms with Crippen LogP contribution in [0.2, 0.25) is 5.02 Å². The molecule has 2 heterocycles. The number of aromatic nitrogens is 1. The maximum absolute atomic E-state index is 12.3. The van der Waals surface area contributed by atoms with E-state index in [1.165, 1.54) is 0 Å². The number of anilines is 1. The van der Waals surface area contributed by atoms with Crippen molar-refractivity contribution in [3.8, 4) is 0 Å². The molecule has 1 fully saturated rings. The zero-order valence-corrected chi connectivity index (χ0v) is 14.4. The molecule has 0 bridgehead atoms. The Labute approximate surface area is 137 Å². The zero-order chi connectivity index (χ0) is 16.3. The Balaban J connectivity index is 2.01. The van der Waals surface area contributed by atoms with E-state index in [9.17, 15) is 4.79 Å². The molecule has 1 aromatic rings. The summed E-state index contributed by atoms with van der Waals surface area (Å²) in [5, 5.41) is 4.00. The fraction of sp³-hybridized carbons (Fsp3) is 0.625. The molecule has 0 unspecified atom stereocenters. The third-order valence-corrected chi connectivity index (χ3v) is 3.90. The van der Waals surface area contributed by atoms with Gasteiger partial charge in [-0.05, 0) is 52.7 Å². The van der Waals surface area contributed by atoms with E-state index >= 15 is 0 Å². The second-order valence-corrected chi connectivity index (χ2v) is 7.11. The summed E-state index contributed by atoms with van der Waals surface area (Å²) in [6, 6.07) is 3.84. The molecule has 0 spiro atoms. The molecule has 1 amide bonds. The fourth-order valence-electron chi connectivity index (χ4n) is 2.57. The van der Waals surface area contributed by atoms with E-state index in [1.54, 1.807) is 17.2 Å². The summed E-state index contributed by atoms with van der Waals surface area (Å²) < 4.78 is 5.49. The molecule has 5 nitrogen and oxygen atoms in total. The molecule has 1 N–H and O–H groups in total. The lowest BCUT2D eigenvalue weighted by atomic mass is 9.98. The van der Waals surface area contributed by atoms with Crippen molar-refractivity contribution < 1.29 is 9.53 Å². The monoisotopic (exact) mass is 325 g/mol. The highest BCUT2D eigenvalue weighted by atomic mass is 35.5. The lowest BCUT2D eigenvalue weighted by molar-refractivity contribution is 0.0104. The Morgan fingerprint density at radius 2 is 2.18 bits per heavy atom. The summed E-state index contributed by atoms with van der Waals surface area (Å²) in [7, 11) is 0. The van der Waals surface area contributed by atoms with Gasteiger partial charge in [-0.15, -0.1) is 0 Å². The van der Waals surface area contributed by atoms with Crippen LogP contribution in [-0.2, 0) is 4.74 Å². The normalized spacial score (nSPS) is 22.3. The van der Waals surface area contributed by atoms with Gasteiger partial charge in [0.05, 0.1) is 11.1 Å². The molecule has 0 radical (unpaired) electrons. The zero-order valence-electron chi connectivity index (χ0n) is 13.6. The average Bonchev–Trinajstić information content (AvgIpc) is 2.41. The van der Waals surface area contributed by atoms with Crippen LogP contribution in [0, 0.1) is 0 Å². The highest BCUT2D eigenvalue weighted by Gasteiger charge is 2.33. The van der Waals surface area contributed by atoms with E-state index in [1.807, 2.05) is 33.8 Å². The number of likely N-dealkylation sites (tertiary alicyclic amines) is 1. The van der Waals surface area contributed by atoms with Gasteiger partial charge in [-0.25, -0.2) is 9.78 Å². The first-order chi connectivity index (χ1) is 10.3. The number of pyridine rings is 1. The van der Waals surface area contributed by atoms with Crippen molar-refractivity contribution in [1.82, 2.24) is 9.88 Å². The van der Waals surface area contributed by atoms with Crippen molar-refractivity contribution in [2.45, 2.75) is 58.2 Å². The number of halogens is 1. The van der Waals surface area contributed by atoms with Gasteiger partial charge in [-0.2, -0.15) is 0 Å². The fourth-order valence-corrected chi connectivity index (χ4v) is 2.68. The quantitative estimate of drug-likeness (QED) is 0.895. The van der Waals surface area contributed by atoms with Crippen LogP contribution < -0.4 is 5.32 Å². The molecule has 1 saturated heterocycles. The molecule has 1 aliphatic rings. The third kappa shape index (κ3) is 4.50. The van der Waals surface area contributed by atoms with Crippen LogP contribution in [0.5, 0.6) is 0 Å². The minimum Gasteiger partial charge on any atom is -0.444 e. The summed E-state index contributed by atoms with van der Waals surface area (Å²) in [4.78, 5) is 18.4. The minimum absolute atomic E-state index is 0.0427. The first-order valence-corrected chi connectivity index (χ1v) is 8.02. The number of amides is 1. The van der Waals surface area contributed by atoms with Gasteiger partial charge in [-0.1, -0.05) is 11.6 Å². The minimum atomic E-state index is -0.477. The molecular weight excluding hydrogens is 302 g/mol. The summed E-state index contributed by atoms with van der Waals surface area (Å²) in [5.41, 5.74) is -0.477. The van der Waals surface area contributed by atoms with Crippen LogP contribution >= 0.6 is 11.6 Å². The molecule has 22 heavy (non-hydrogen) atoms. The first-order valence-electron chi connectivity index (χ1n) is 7.64. The van der Waals surface area contributed by atoms with Gasteiger partial charge in [0, 0.05) is 18.8 Å². The van der Waals surface area contributed by atoms with Gasteiger partial charge in [0.2, 0.25) is 0 Å². The van der Waals surface area contributed by atoms with Gasteiger partial charge in [0.1, 0.15) is 11.4 Å². The van der Waals surface area contributed by atoms with Crippen molar-refractivity contribution in [3.05, 3.63) is 23.4 Å². The van der Waals surface area contributed by atoms with E-state index in [0.717, 1.165) is 25.2 Å². The highest BCUT2D eigenvalue weighted by molar-refractivity contribution is 6.30. The number of rotatable bonds is 2. The van der Waals surface area contributed by atoms with E-state index in [2.05, 4.69) is 10.3 Å². The Morgan fingerprint density at radius 1 is 1.45 bits per heavy atom. The molecule has 1 aromatic heterocycles. The van der Waals surface area contributed by atoms with Gasteiger partial charge in [0.15, 0.2) is 0 Å². The molecule has 0 aromatic carbocycles. The number of nitrogens with one attached hydrogen (secondary N) is 1. The predicted octanol–water partition coefficient (Wildman–Crippen LogP) is 3.93. The van der Waals surface area contributed by atoms with Crippen LogP contribution in [0.15, 0.2) is 18.3 Å². The Morgan fingerprint density at radius 3 is 2.77 bits per heavy atom. The van der Waals surface area contributed by atoms with Crippen molar-refractivity contribution >= 4 is 23.5 Å². The lowest BCUT2D eigenvalue weighted by Gasteiger charge is -2.40. The molecule has 6 heteroatoms. The van der Waals surface area contributed by atoms with Gasteiger partial charge >= 0.3 is 6.09 Å². The van der Waals surface area contributed by atoms with Crippen LogP contribution in [0.3, 0.4) is 0 Å². The molecule has 0 aliphatic carbocycles. The number of carbonyl (C=O) groups excluding carboxylic acids is 1. The van der Waals surface area contributed by atoms with Crippen molar-refractivity contribution in [3.63, 3.8) is 0 Å². The van der Waals surface area contributed by atoms with Crippen molar-refractivity contribution in [2.24, 2.45) is 0 Å². The van der Waals surface area contributed by atoms with Gasteiger partial charge in [0.25, 0.3) is 0 Å². The molecule has 2 atom stereocenters. The summed E-state index contributed by atoms with van der Waals surface area (Å²) >= 11 is 5.85. The number of carbonyl (C=O) groups is 1. The summed E-state index contributed by atoms with van der Waals surface area (Å²) in [5.74, 6) is 0.771. The first kappa shape index (κ1) is 16.9. The molecule has 0 saturated carbocycles. The largest absolute Gasteiger partial charge is 0.444 e. The number of hydrogen-bond donors (Lipinski definition) is 1. The van der Waals surface area contributed by atoms with Crippen LogP contribution in [0.25, 0.3) is 0 Å². The molecule has 1 aliphatic heterocycles. The van der Waals surface area contributed by atoms with Gasteiger partial charge in [-0.3, -0.25) is 0 Å². The molecule has 122 valence electrons. The lowest BCUT2D eigenvalue weighted by Crippen LogP contribution is -2.53. The molecule has 2 rings (SSSR count). The van der Waals surface area contributed by atoms with E-state index < -0.39 is 5.60 Å². The number of nitrogens with zero attached hydrogens (tertiary/aromatic N) is 2. The maximum Gasteiger partial charge on any atom is 0.410 e. The molecular formula is C16H24ClN3O2. The van der Waals surface area contributed by atoms with Crippen LogP contribution in [0.4, 0.5) is 10.6 Å². The van der Waals surface area contributed by atoms with E-state index in [4.69, 9.17) is 16.3 Å². The van der Waals surface area contributed by atoms with E-state index in [0.29, 0.717) is 5.02 Å². The smallest absolute Gasteiger partial charge is 0.410 e. The Bertz CT molecular complexity index is 513. The summed E-state index contributed by atoms with van der Waals surface area (Å²) in [6.45, 7) is 8.41. The number of ether oxygens (including phenoxy) is 1. The maximum atomic E-state index is 12.3. The standard InChI is InChI=1S/C16H24ClN3O2/c1-11-13(19-14-8-7-12(17)10-18-14)6-5-9-20(11)15(21)22-16(2,3)4/h7-8,10-11,13H,5-6,9H2,1-4H3,(H,18,19)/t11-,13+/m0/s1. The summed E-state index contributed by atoms with van der Waals surface area (Å²) in [6.07, 6.45) is 3.29.